The molecule has 1 heterocycles. The van der Waals surface area contributed by atoms with Gasteiger partial charge in [0, 0.05) is 41.7 Å². The largest absolute Gasteiger partial charge is 0.381 e. The molecule has 1 aromatic carbocycles. The number of hydrogen-bond donors (Lipinski definition) is 1. The molecule has 2 N–H and O–H groups in total. The number of benzene rings is 1. The van der Waals surface area contributed by atoms with Crippen molar-refractivity contribution in [3.05, 3.63) is 32.7 Å². The van der Waals surface area contributed by atoms with Gasteiger partial charge in [-0.1, -0.05) is 6.07 Å². The summed E-state index contributed by atoms with van der Waals surface area (Å²) in [6.45, 7) is 2.74. The first-order chi connectivity index (χ1) is 9.15. The van der Waals surface area contributed by atoms with Crippen molar-refractivity contribution in [3.8, 4) is 0 Å². The second kappa shape index (κ2) is 7.18. The standard InChI is InChI=1S/C14H20Br2N2O/c1-19-11-4-6-18(7-5-11)14(9-17)10-2-3-12(15)13(16)8-10/h2-3,8,11,14H,4-7,9,17H2,1H3. The van der Waals surface area contributed by atoms with E-state index in [4.69, 9.17) is 10.5 Å². The molecule has 0 radical (unpaired) electrons. The molecule has 5 heteroatoms. The summed E-state index contributed by atoms with van der Waals surface area (Å²) in [7, 11) is 1.80. The Balaban J connectivity index is 2.09. The molecule has 1 fully saturated rings. The van der Waals surface area contributed by atoms with Crippen LogP contribution in [-0.4, -0.2) is 37.7 Å². The monoisotopic (exact) mass is 390 g/mol. The normalized spacial score (nSPS) is 19.6. The zero-order chi connectivity index (χ0) is 13.8. The molecular weight excluding hydrogens is 372 g/mol. The van der Waals surface area contributed by atoms with Crippen LogP contribution >= 0.6 is 31.9 Å². The summed E-state index contributed by atoms with van der Waals surface area (Å²) in [6.07, 6.45) is 2.58. The molecule has 19 heavy (non-hydrogen) atoms. The van der Waals surface area contributed by atoms with E-state index in [9.17, 15) is 0 Å². The summed E-state index contributed by atoms with van der Waals surface area (Å²) in [5.41, 5.74) is 7.26. The van der Waals surface area contributed by atoms with E-state index < -0.39 is 0 Å². The lowest BCUT2D eigenvalue weighted by Gasteiger charge is -2.37. The Morgan fingerprint density at radius 3 is 2.53 bits per heavy atom. The van der Waals surface area contributed by atoms with Gasteiger partial charge in [0.05, 0.1) is 6.10 Å². The van der Waals surface area contributed by atoms with Crippen LogP contribution in [0.1, 0.15) is 24.4 Å². The number of hydrogen-bond acceptors (Lipinski definition) is 3. The first-order valence-corrected chi connectivity index (χ1v) is 8.16. The van der Waals surface area contributed by atoms with Gasteiger partial charge in [-0.25, -0.2) is 0 Å². The number of likely N-dealkylation sites (tertiary alicyclic amines) is 1. The topological polar surface area (TPSA) is 38.5 Å². The summed E-state index contributed by atoms with van der Waals surface area (Å²) in [5.74, 6) is 0. The van der Waals surface area contributed by atoms with E-state index in [0.29, 0.717) is 18.7 Å². The first kappa shape index (κ1) is 15.4. The number of methoxy groups -OCH3 is 1. The number of ether oxygens (including phenoxy) is 1. The Kier molecular flexibility index (Phi) is 5.84. The van der Waals surface area contributed by atoms with Crippen LogP contribution in [0.15, 0.2) is 27.1 Å². The predicted octanol–water partition coefficient (Wildman–Crippen LogP) is 3.32. The van der Waals surface area contributed by atoms with E-state index >= 15 is 0 Å². The maximum atomic E-state index is 5.99. The van der Waals surface area contributed by atoms with Crippen LogP contribution < -0.4 is 5.73 Å². The van der Waals surface area contributed by atoms with Crippen molar-refractivity contribution in [1.82, 2.24) is 4.90 Å². The Morgan fingerprint density at radius 2 is 2.00 bits per heavy atom. The summed E-state index contributed by atoms with van der Waals surface area (Å²) < 4.78 is 7.57. The van der Waals surface area contributed by atoms with Gasteiger partial charge in [0.2, 0.25) is 0 Å². The average molecular weight is 392 g/mol. The molecule has 1 aliphatic heterocycles. The van der Waals surface area contributed by atoms with Gasteiger partial charge in [0.1, 0.15) is 0 Å². The van der Waals surface area contributed by atoms with Crippen LogP contribution in [-0.2, 0) is 4.74 Å². The minimum Gasteiger partial charge on any atom is -0.381 e. The van der Waals surface area contributed by atoms with Crippen molar-refractivity contribution in [2.45, 2.75) is 25.0 Å². The highest BCUT2D eigenvalue weighted by Crippen LogP contribution is 2.30. The lowest BCUT2D eigenvalue weighted by Crippen LogP contribution is -2.41. The minimum absolute atomic E-state index is 0.294. The fraction of sp³-hybridized carbons (Fsp3) is 0.571. The molecule has 0 bridgehead atoms. The Labute approximate surface area is 131 Å². The van der Waals surface area contributed by atoms with Crippen molar-refractivity contribution < 1.29 is 4.74 Å². The number of piperidine rings is 1. The molecule has 3 nitrogen and oxygen atoms in total. The number of nitrogens with zero attached hydrogens (tertiary/aromatic N) is 1. The van der Waals surface area contributed by atoms with Gasteiger partial charge in [-0.15, -0.1) is 0 Å². The molecule has 0 aliphatic carbocycles. The zero-order valence-corrected chi connectivity index (χ0v) is 14.3. The number of halogens is 2. The fourth-order valence-corrected chi connectivity index (χ4v) is 3.28. The van der Waals surface area contributed by atoms with Crippen LogP contribution in [0.3, 0.4) is 0 Å². The molecule has 2 rings (SSSR count). The van der Waals surface area contributed by atoms with Gasteiger partial charge in [-0.2, -0.15) is 0 Å². The first-order valence-electron chi connectivity index (χ1n) is 6.57. The van der Waals surface area contributed by atoms with Gasteiger partial charge in [0.25, 0.3) is 0 Å². The SMILES string of the molecule is COC1CCN(C(CN)c2ccc(Br)c(Br)c2)CC1. The van der Waals surface area contributed by atoms with Crippen molar-refractivity contribution in [1.29, 1.82) is 0 Å². The Morgan fingerprint density at radius 1 is 1.32 bits per heavy atom. The molecule has 0 spiro atoms. The molecule has 0 saturated carbocycles. The molecule has 1 aromatic rings. The molecule has 1 atom stereocenters. The average Bonchev–Trinajstić information content (AvgIpc) is 2.44. The summed E-state index contributed by atoms with van der Waals surface area (Å²) in [6, 6.07) is 6.67. The van der Waals surface area contributed by atoms with Gasteiger partial charge in [-0.05, 0) is 62.4 Å². The van der Waals surface area contributed by atoms with E-state index in [1.54, 1.807) is 7.11 Å². The smallest absolute Gasteiger partial charge is 0.0595 e. The van der Waals surface area contributed by atoms with E-state index in [1.807, 2.05) is 0 Å². The van der Waals surface area contributed by atoms with E-state index in [-0.39, 0.29) is 0 Å². The van der Waals surface area contributed by atoms with Gasteiger partial charge in [-0.3, -0.25) is 4.90 Å². The second-order valence-electron chi connectivity index (χ2n) is 4.90. The van der Waals surface area contributed by atoms with Crippen molar-refractivity contribution in [2.75, 3.05) is 26.7 Å². The lowest BCUT2D eigenvalue weighted by atomic mass is 10.0. The second-order valence-corrected chi connectivity index (χ2v) is 6.60. The van der Waals surface area contributed by atoms with E-state index in [0.717, 1.165) is 34.9 Å². The van der Waals surface area contributed by atoms with Crippen molar-refractivity contribution in [3.63, 3.8) is 0 Å². The minimum atomic E-state index is 0.294. The Hall–Kier alpha value is 0.0600. The third-order valence-corrected chi connectivity index (χ3v) is 5.68. The molecule has 1 unspecified atom stereocenters. The van der Waals surface area contributed by atoms with Crippen LogP contribution in [0.2, 0.25) is 0 Å². The van der Waals surface area contributed by atoms with Crippen molar-refractivity contribution in [2.24, 2.45) is 5.73 Å². The molecule has 1 aliphatic rings. The molecule has 0 amide bonds. The third-order valence-electron chi connectivity index (χ3n) is 3.80. The van der Waals surface area contributed by atoms with E-state index in [2.05, 4.69) is 55.0 Å². The van der Waals surface area contributed by atoms with Crippen LogP contribution in [0.5, 0.6) is 0 Å². The highest BCUT2D eigenvalue weighted by Gasteiger charge is 2.25. The quantitative estimate of drug-likeness (QED) is 0.855. The summed E-state index contributed by atoms with van der Waals surface area (Å²) >= 11 is 7.07. The third kappa shape index (κ3) is 3.79. The number of rotatable bonds is 4. The Bertz CT molecular complexity index is 420. The highest BCUT2D eigenvalue weighted by molar-refractivity contribution is 9.13. The van der Waals surface area contributed by atoms with Crippen LogP contribution in [0.4, 0.5) is 0 Å². The highest BCUT2D eigenvalue weighted by atomic mass is 79.9. The molecule has 106 valence electrons. The van der Waals surface area contributed by atoms with Gasteiger partial charge in [0.15, 0.2) is 0 Å². The molecular formula is C14H20Br2N2O. The van der Waals surface area contributed by atoms with Gasteiger partial charge < -0.3 is 10.5 Å². The summed E-state index contributed by atoms with van der Waals surface area (Å²) in [4.78, 5) is 2.46. The molecule has 1 saturated heterocycles. The van der Waals surface area contributed by atoms with E-state index in [1.165, 1.54) is 5.56 Å². The van der Waals surface area contributed by atoms with Crippen molar-refractivity contribution >= 4 is 31.9 Å². The fourth-order valence-electron chi connectivity index (χ4n) is 2.64. The summed E-state index contributed by atoms with van der Waals surface area (Å²) in [5, 5.41) is 0. The molecule has 0 aromatic heterocycles. The maximum Gasteiger partial charge on any atom is 0.0595 e. The van der Waals surface area contributed by atoms with Crippen LogP contribution in [0.25, 0.3) is 0 Å². The van der Waals surface area contributed by atoms with Gasteiger partial charge >= 0.3 is 0 Å². The predicted molar refractivity (Wildman–Crippen MR) is 85.2 cm³/mol. The lowest BCUT2D eigenvalue weighted by molar-refractivity contribution is 0.0280. The van der Waals surface area contributed by atoms with Crippen LogP contribution in [0, 0.1) is 0 Å². The number of nitrogens with two attached hydrogens (primary N) is 1. The maximum absolute atomic E-state index is 5.99. The zero-order valence-electron chi connectivity index (χ0n) is 11.1.